The Hall–Kier alpha value is -1.39. The standard InChI is InChI=1S/C16H24N2O2/c1-12-6-4-5-7-14(12)15(16(19)20)18(3)13-8-10-17(2)11-9-13/h4-7,13,15H,8-11H2,1-3H3,(H,19,20). The molecule has 1 saturated heterocycles. The van der Waals surface area contributed by atoms with Crippen molar-refractivity contribution < 1.29 is 9.90 Å². The van der Waals surface area contributed by atoms with E-state index in [1.165, 1.54) is 0 Å². The molecule has 0 aromatic heterocycles. The van der Waals surface area contributed by atoms with Crippen LogP contribution in [0.2, 0.25) is 0 Å². The fraction of sp³-hybridized carbons (Fsp3) is 0.562. The van der Waals surface area contributed by atoms with E-state index in [4.69, 9.17) is 0 Å². The number of benzene rings is 1. The molecule has 0 amide bonds. The quantitative estimate of drug-likeness (QED) is 0.915. The molecule has 0 radical (unpaired) electrons. The summed E-state index contributed by atoms with van der Waals surface area (Å²) in [5.74, 6) is -0.763. The Bertz CT molecular complexity index is 467. The number of aliphatic carboxylic acids is 1. The molecule has 0 saturated carbocycles. The third kappa shape index (κ3) is 3.19. The molecule has 2 rings (SSSR count). The van der Waals surface area contributed by atoms with E-state index in [1.54, 1.807) is 0 Å². The van der Waals surface area contributed by atoms with Crippen molar-refractivity contribution in [2.75, 3.05) is 27.2 Å². The number of carboxylic acids is 1. The third-order valence-electron chi connectivity index (χ3n) is 4.39. The van der Waals surface area contributed by atoms with E-state index in [-0.39, 0.29) is 0 Å². The predicted octanol–water partition coefficient (Wildman–Crippen LogP) is 2.15. The minimum Gasteiger partial charge on any atom is -0.480 e. The number of piperidine rings is 1. The summed E-state index contributed by atoms with van der Waals surface area (Å²) in [5.41, 5.74) is 1.95. The van der Waals surface area contributed by atoms with Crippen molar-refractivity contribution in [3.63, 3.8) is 0 Å². The maximum Gasteiger partial charge on any atom is 0.325 e. The van der Waals surface area contributed by atoms with E-state index in [0.717, 1.165) is 37.1 Å². The number of rotatable bonds is 4. The average molecular weight is 276 g/mol. The molecule has 1 aliphatic heterocycles. The summed E-state index contributed by atoms with van der Waals surface area (Å²) >= 11 is 0. The molecule has 1 aliphatic rings. The Labute approximate surface area is 121 Å². The van der Waals surface area contributed by atoms with Crippen molar-refractivity contribution in [3.8, 4) is 0 Å². The van der Waals surface area contributed by atoms with Gasteiger partial charge >= 0.3 is 5.97 Å². The fourth-order valence-electron chi connectivity index (χ4n) is 3.03. The van der Waals surface area contributed by atoms with E-state index in [2.05, 4.69) is 11.9 Å². The van der Waals surface area contributed by atoms with Gasteiger partial charge in [0.25, 0.3) is 0 Å². The van der Waals surface area contributed by atoms with Crippen LogP contribution < -0.4 is 0 Å². The Morgan fingerprint density at radius 2 is 1.95 bits per heavy atom. The molecule has 1 atom stereocenters. The van der Waals surface area contributed by atoms with Crippen LogP contribution in [0.1, 0.15) is 30.0 Å². The van der Waals surface area contributed by atoms with Crippen molar-refractivity contribution in [2.24, 2.45) is 0 Å². The molecule has 1 fully saturated rings. The second kappa shape index (κ2) is 6.37. The summed E-state index contributed by atoms with van der Waals surface area (Å²) in [6.45, 7) is 4.05. The summed E-state index contributed by atoms with van der Waals surface area (Å²) in [7, 11) is 4.06. The van der Waals surface area contributed by atoms with Gasteiger partial charge in [-0.2, -0.15) is 0 Å². The first-order valence-electron chi connectivity index (χ1n) is 7.19. The number of hydrogen-bond donors (Lipinski definition) is 1. The molecule has 1 unspecified atom stereocenters. The molecular weight excluding hydrogens is 252 g/mol. The first kappa shape index (κ1) is 15.0. The second-order valence-electron chi connectivity index (χ2n) is 5.80. The highest BCUT2D eigenvalue weighted by atomic mass is 16.4. The van der Waals surface area contributed by atoms with Gasteiger partial charge in [-0.1, -0.05) is 24.3 Å². The zero-order valence-electron chi connectivity index (χ0n) is 12.5. The maximum atomic E-state index is 11.7. The molecule has 4 nitrogen and oxygen atoms in total. The molecule has 0 spiro atoms. The lowest BCUT2D eigenvalue weighted by Gasteiger charge is -2.38. The van der Waals surface area contributed by atoms with Crippen molar-refractivity contribution in [2.45, 2.75) is 31.8 Å². The van der Waals surface area contributed by atoms with Gasteiger partial charge in [-0.3, -0.25) is 9.69 Å². The minimum atomic E-state index is -0.763. The number of likely N-dealkylation sites (N-methyl/N-ethyl adjacent to an activating group) is 1. The van der Waals surface area contributed by atoms with E-state index in [1.807, 2.05) is 43.1 Å². The van der Waals surface area contributed by atoms with Crippen LogP contribution in [0.5, 0.6) is 0 Å². The van der Waals surface area contributed by atoms with Crippen molar-refractivity contribution in [1.82, 2.24) is 9.80 Å². The molecule has 0 bridgehead atoms. The Kier molecular flexibility index (Phi) is 4.78. The highest BCUT2D eigenvalue weighted by Crippen LogP contribution is 2.28. The van der Waals surface area contributed by atoms with Gasteiger partial charge < -0.3 is 10.0 Å². The van der Waals surface area contributed by atoms with Crippen LogP contribution in [0.25, 0.3) is 0 Å². The Balaban J connectivity index is 2.21. The highest BCUT2D eigenvalue weighted by molar-refractivity contribution is 5.76. The monoisotopic (exact) mass is 276 g/mol. The molecule has 110 valence electrons. The largest absolute Gasteiger partial charge is 0.480 e. The van der Waals surface area contributed by atoms with Gasteiger partial charge in [-0.05, 0) is 58.1 Å². The number of carbonyl (C=O) groups is 1. The summed E-state index contributed by atoms with van der Waals surface area (Å²) in [5, 5.41) is 9.65. The highest BCUT2D eigenvalue weighted by Gasteiger charge is 2.32. The number of hydrogen-bond acceptors (Lipinski definition) is 3. The van der Waals surface area contributed by atoms with Crippen molar-refractivity contribution in [1.29, 1.82) is 0 Å². The van der Waals surface area contributed by atoms with Gasteiger partial charge in [0, 0.05) is 6.04 Å². The van der Waals surface area contributed by atoms with Gasteiger partial charge in [-0.25, -0.2) is 0 Å². The lowest BCUT2D eigenvalue weighted by molar-refractivity contribution is -0.144. The normalized spacial score (nSPS) is 19.2. The van der Waals surface area contributed by atoms with Gasteiger partial charge in [0.15, 0.2) is 0 Å². The number of aryl methyl sites for hydroxylation is 1. The van der Waals surface area contributed by atoms with Crippen molar-refractivity contribution >= 4 is 5.97 Å². The summed E-state index contributed by atoms with van der Waals surface area (Å²) in [6.07, 6.45) is 2.06. The lowest BCUT2D eigenvalue weighted by atomic mass is 9.96. The SMILES string of the molecule is Cc1ccccc1C(C(=O)O)N(C)C1CCN(C)CC1. The van der Waals surface area contributed by atoms with Crippen LogP contribution in [-0.4, -0.2) is 54.1 Å². The molecule has 4 heteroatoms. The molecular formula is C16H24N2O2. The summed E-state index contributed by atoms with van der Waals surface area (Å²) < 4.78 is 0. The zero-order valence-corrected chi connectivity index (χ0v) is 12.5. The predicted molar refractivity (Wildman–Crippen MR) is 79.8 cm³/mol. The first-order valence-corrected chi connectivity index (χ1v) is 7.19. The van der Waals surface area contributed by atoms with Crippen molar-refractivity contribution in [3.05, 3.63) is 35.4 Å². The third-order valence-corrected chi connectivity index (χ3v) is 4.39. The molecule has 1 aromatic carbocycles. The van der Waals surface area contributed by atoms with E-state index in [9.17, 15) is 9.90 Å². The lowest BCUT2D eigenvalue weighted by Crippen LogP contribution is -2.45. The first-order chi connectivity index (χ1) is 9.50. The van der Waals surface area contributed by atoms with Crippen LogP contribution >= 0.6 is 0 Å². The molecule has 20 heavy (non-hydrogen) atoms. The fourth-order valence-corrected chi connectivity index (χ4v) is 3.03. The number of nitrogens with zero attached hydrogens (tertiary/aromatic N) is 2. The van der Waals surface area contributed by atoms with E-state index < -0.39 is 12.0 Å². The van der Waals surface area contributed by atoms with E-state index in [0.29, 0.717) is 6.04 Å². The van der Waals surface area contributed by atoms with Gasteiger partial charge in [0.05, 0.1) is 0 Å². The van der Waals surface area contributed by atoms with Gasteiger partial charge in [-0.15, -0.1) is 0 Å². The zero-order chi connectivity index (χ0) is 14.7. The van der Waals surface area contributed by atoms with Gasteiger partial charge in [0.1, 0.15) is 6.04 Å². The van der Waals surface area contributed by atoms with Crippen LogP contribution in [0.15, 0.2) is 24.3 Å². The molecule has 1 N–H and O–H groups in total. The van der Waals surface area contributed by atoms with Crippen LogP contribution in [0.3, 0.4) is 0 Å². The molecule has 1 aromatic rings. The Morgan fingerprint density at radius 3 is 2.50 bits per heavy atom. The number of carboxylic acid groups (broad SMARTS) is 1. The van der Waals surface area contributed by atoms with Crippen LogP contribution in [0.4, 0.5) is 0 Å². The van der Waals surface area contributed by atoms with Crippen LogP contribution in [0, 0.1) is 6.92 Å². The number of likely N-dealkylation sites (tertiary alicyclic amines) is 1. The molecule has 1 heterocycles. The average Bonchev–Trinajstić information content (AvgIpc) is 2.41. The van der Waals surface area contributed by atoms with E-state index >= 15 is 0 Å². The van der Waals surface area contributed by atoms with Gasteiger partial charge in [0.2, 0.25) is 0 Å². The summed E-state index contributed by atoms with van der Waals surface area (Å²) in [6, 6.07) is 7.57. The second-order valence-corrected chi connectivity index (χ2v) is 5.80. The molecule has 0 aliphatic carbocycles. The summed E-state index contributed by atoms with van der Waals surface area (Å²) in [4.78, 5) is 16.1. The topological polar surface area (TPSA) is 43.8 Å². The smallest absolute Gasteiger partial charge is 0.325 e. The minimum absolute atomic E-state index is 0.340. The van der Waals surface area contributed by atoms with Crippen LogP contribution in [-0.2, 0) is 4.79 Å². The Morgan fingerprint density at radius 1 is 1.35 bits per heavy atom. The maximum absolute atomic E-state index is 11.7.